The fourth-order valence-electron chi connectivity index (χ4n) is 3.75. The molecular formula is C21H30N2O5. The summed E-state index contributed by atoms with van der Waals surface area (Å²) in [6, 6.07) is 7.09. The second-order valence-corrected chi connectivity index (χ2v) is 7.37. The molecule has 1 saturated heterocycles. The average Bonchev–Trinajstić information content (AvgIpc) is 3.00. The molecule has 0 radical (unpaired) electrons. The third kappa shape index (κ3) is 5.23. The number of nitrogens with zero attached hydrogens (tertiary/aromatic N) is 1. The Morgan fingerprint density at radius 3 is 2.32 bits per heavy atom. The Morgan fingerprint density at radius 2 is 1.71 bits per heavy atom. The van der Waals surface area contributed by atoms with E-state index in [0.717, 1.165) is 38.5 Å². The maximum Gasteiger partial charge on any atom is 0.260 e. The second kappa shape index (κ2) is 9.89. The Balaban J connectivity index is 1.52. The molecule has 1 heterocycles. The van der Waals surface area contributed by atoms with Gasteiger partial charge in [-0.1, -0.05) is 25.7 Å². The van der Waals surface area contributed by atoms with Crippen molar-refractivity contribution in [1.29, 1.82) is 0 Å². The SMILES string of the molecule is COC1(C(=O)Nc2ccc(OCC(=O)N3CCOCC3)cc2)CCCCCC1. The highest BCUT2D eigenvalue weighted by molar-refractivity contribution is 5.97. The number of rotatable bonds is 6. The predicted octanol–water partition coefficient (Wildman–Crippen LogP) is 2.60. The molecule has 0 aromatic heterocycles. The van der Waals surface area contributed by atoms with Crippen LogP contribution < -0.4 is 10.1 Å². The van der Waals surface area contributed by atoms with Crippen LogP contribution in [0.4, 0.5) is 5.69 Å². The number of hydrogen-bond donors (Lipinski definition) is 1. The lowest BCUT2D eigenvalue weighted by Crippen LogP contribution is -2.44. The van der Waals surface area contributed by atoms with Gasteiger partial charge in [0.15, 0.2) is 6.61 Å². The van der Waals surface area contributed by atoms with Gasteiger partial charge in [-0.15, -0.1) is 0 Å². The zero-order valence-corrected chi connectivity index (χ0v) is 16.6. The monoisotopic (exact) mass is 390 g/mol. The van der Waals surface area contributed by atoms with Gasteiger partial charge in [-0.05, 0) is 37.1 Å². The van der Waals surface area contributed by atoms with Crippen molar-refractivity contribution in [2.24, 2.45) is 0 Å². The number of methoxy groups -OCH3 is 1. The zero-order valence-electron chi connectivity index (χ0n) is 16.6. The number of anilines is 1. The molecule has 7 heteroatoms. The molecule has 1 N–H and O–H groups in total. The van der Waals surface area contributed by atoms with E-state index in [1.165, 1.54) is 0 Å². The van der Waals surface area contributed by atoms with E-state index < -0.39 is 5.60 Å². The Bertz CT molecular complexity index is 647. The largest absolute Gasteiger partial charge is 0.484 e. The average molecular weight is 390 g/mol. The van der Waals surface area contributed by atoms with Crippen molar-refractivity contribution in [3.63, 3.8) is 0 Å². The lowest BCUT2D eigenvalue weighted by Gasteiger charge is -2.29. The molecule has 0 atom stereocenters. The number of amides is 2. The fraction of sp³-hybridized carbons (Fsp3) is 0.619. The van der Waals surface area contributed by atoms with Crippen LogP contribution in [0.25, 0.3) is 0 Å². The first-order valence-electron chi connectivity index (χ1n) is 10.1. The van der Waals surface area contributed by atoms with Gasteiger partial charge in [-0.3, -0.25) is 9.59 Å². The van der Waals surface area contributed by atoms with Crippen LogP contribution in [0.5, 0.6) is 5.75 Å². The highest BCUT2D eigenvalue weighted by Gasteiger charge is 2.38. The van der Waals surface area contributed by atoms with Crippen LogP contribution >= 0.6 is 0 Å². The number of carbonyl (C=O) groups is 2. The first kappa shape index (κ1) is 20.6. The van der Waals surface area contributed by atoms with Crippen molar-refractivity contribution >= 4 is 17.5 Å². The molecular weight excluding hydrogens is 360 g/mol. The topological polar surface area (TPSA) is 77.1 Å². The minimum absolute atomic E-state index is 0.00150. The molecule has 7 nitrogen and oxygen atoms in total. The van der Waals surface area contributed by atoms with E-state index in [1.54, 1.807) is 36.3 Å². The lowest BCUT2D eigenvalue weighted by atomic mass is 9.93. The Hall–Kier alpha value is -2.12. The summed E-state index contributed by atoms with van der Waals surface area (Å²) in [5.74, 6) is 0.458. The van der Waals surface area contributed by atoms with Gasteiger partial charge >= 0.3 is 0 Å². The number of morpholine rings is 1. The molecule has 1 aliphatic carbocycles. The Labute approximate surface area is 166 Å². The molecule has 1 saturated carbocycles. The second-order valence-electron chi connectivity index (χ2n) is 7.37. The van der Waals surface area contributed by atoms with Crippen LogP contribution in [-0.4, -0.2) is 62.3 Å². The first-order valence-corrected chi connectivity index (χ1v) is 10.1. The summed E-state index contributed by atoms with van der Waals surface area (Å²) in [6.07, 6.45) is 5.80. The summed E-state index contributed by atoms with van der Waals surface area (Å²) in [6.45, 7) is 2.35. The van der Waals surface area contributed by atoms with E-state index in [4.69, 9.17) is 14.2 Å². The molecule has 1 aliphatic heterocycles. The highest BCUT2D eigenvalue weighted by atomic mass is 16.5. The lowest BCUT2D eigenvalue weighted by molar-refractivity contribution is -0.139. The summed E-state index contributed by atoms with van der Waals surface area (Å²) in [5.41, 5.74) is -0.0477. The summed E-state index contributed by atoms with van der Waals surface area (Å²) in [7, 11) is 1.62. The third-order valence-corrected chi connectivity index (χ3v) is 5.55. The van der Waals surface area contributed by atoms with Crippen molar-refractivity contribution in [2.45, 2.75) is 44.1 Å². The number of benzene rings is 1. The number of carbonyl (C=O) groups excluding carboxylic acids is 2. The van der Waals surface area contributed by atoms with Crippen LogP contribution in [0, 0.1) is 0 Å². The Morgan fingerprint density at radius 1 is 1.07 bits per heavy atom. The quantitative estimate of drug-likeness (QED) is 0.756. The molecule has 2 aliphatic rings. The number of nitrogens with one attached hydrogen (secondary N) is 1. The van der Waals surface area contributed by atoms with Crippen LogP contribution in [0.1, 0.15) is 38.5 Å². The van der Waals surface area contributed by atoms with Gasteiger partial charge in [0.05, 0.1) is 13.2 Å². The van der Waals surface area contributed by atoms with E-state index in [0.29, 0.717) is 37.7 Å². The predicted molar refractivity (Wildman–Crippen MR) is 105 cm³/mol. The molecule has 1 aromatic carbocycles. The molecule has 2 fully saturated rings. The number of ether oxygens (including phenoxy) is 3. The number of hydrogen-bond acceptors (Lipinski definition) is 5. The van der Waals surface area contributed by atoms with Crippen molar-refractivity contribution in [3.8, 4) is 5.75 Å². The van der Waals surface area contributed by atoms with Gasteiger partial charge in [0, 0.05) is 25.9 Å². The van der Waals surface area contributed by atoms with Crippen molar-refractivity contribution in [1.82, 2.24) is 4.90 Å². The first-order chi connectivity index (χ1) is 13.6. The summed E-state index contributed by atoms with van der Waals surface area (Å²) in [4.78, 5) is 26.7. The molecule has 154 valence electrons. The van der Waals surface area contributed by atoms with Crippen LogP contribution in [0.2, 0.25) is 0 Å². The van der Waals surface area contributed by atoms with E-state index in [2.05, 4.69) is 5.32 Å². The van der Waals surface area contributed by atoms with E-state index >= 15 is 0 Å². The molecule has 28 heavy (non-hydrogen) atoms. The maximum atomic E-state index is 12.8. The zero-order chi connectivity index (χ0) is 19.8. The molecule has 0 unspecified atom stereocenters. The van der Waals surface area contributed by atoms with E-state index in [1.807, 2.05) is 0 Å². The molecule has 1 aromatic rings. The van der Waals surface area contributed by atoms with E-state index in [9.17, 15) is 9.59 Å². The minimum atomic E-state index is -0.740. The van der Waals surface area contributed by atoms with Gasteiger partial charge in [0.25, 0.3) is 11.8 Å². The van der Waals surface area contributed by atoms with Gasteiger partial charge in [-0.2, -0.15) is 0 Å². The fourth-order valence-corrected chi connectivity index (χ4v) is 3.75. The third-order valence-electron chi connectivity index (χ3n) is 5.55. The summed E-state index contributed by atoms with van der Waals surface area (Å²) < 4.78 is 16.5. The smallest absolute Gasteiger partial charge is 0.260 e. The van der Waals surface area contributed by atoms with Crippen LogP contribution in [0.3, 0.4) is 0 Å². The van der Waals surface area contributed by atoms with E-state index in [-0.39, 0.29) is 18.4 Å². The van der Waals surface area contributed by atoms with Crippen LogP contribution in [0.15, 0.2) is 24.3 Å². The van der Waals surface area contributed by atoms with Crippen molar-refractivity contribution in [2.75, 3.05) is 45.3 Å². The van der Waals surface area contributed by atoms with Gasteiger partial charge in [-0.25, -0.2) is 0 Å². The highest BCUT2D eigenvalue weighted by Crippen LogP contribution is 2.31. The summed E-state index contributed by atoms with van der Waals surface area (Å²) in [5, 5.41) is 2.97. The molecule has 3 rings (SSSR count). The summed E-state index contributed by atoms with van der Waals surface area (Å²) >= 11 is 0. The normalized spacial score (nSPS) is 19.5. The van der Waals surface area contributed by atoms with Gasteiger partial charge in [0.1, 0.15) is 11.4 Å². The molecule has 0 spiro atoms. The van der Waals surface area contributed by atoms with Crippen molar-refractivity contribution < 1.29 is 23.8 Å². The van der Waals surface area contributed by atoms with Gasteiger partial charge < -0.3 is 24.4 Å². The standard InChI is InChI=1S/C21H30N2O5/c1-26-21(10-4-2-3-5-11-21)20(25)22-17-6-8-18(9-7-17)28-16-19(24)23-12-14-27-15-13-23/h6-9H,2-5,10-16H2,1H3,(H,22,25). The van der Waals surface area contributed by atoms with Crippen molar-refractivity contribution in [3.05, 3.63) is 24.3 Å². The van der Waals surface area contributed by atoms with Crippen LogP contribution in [-0.2, 0) is 19.1 Å². The maximum absolute atomic E-state index is 12.8. The Kier molecular flexibility index (Phi) is 7.28. The minimum Gasteiger partial charge on any atom is -0.484 e. The molecule has 2 amide bonds. The van der Waals surface area contributed by atoms with Gasteiger partial charge in [0.2, 0.25) is 0 Å². The molecule has 0 bridgehead atoms.